The van der Waals surface area contributed by atoms with Gasteiger partial charge in [0.05, 0.1) is 11.4 Å². The number of anilines is 2. The Morgan fingerprint density at radius 1 is 1.42 bits per heavy atom. The van der Waals surface area contributed by atoms with Gasteiger partial charge in [-0.3, -0.25) is 9.59 Å². The highest BCUT2D eigenvalue weighted by Crippen LogP contribution is 2.35. The quantitative estimate of drug-likeness (QED) is 0.877. The second-order valence-corrected chi connectivity index (χ2v) is 4.27. The Morgan fingerprint density at radius 3 is 2.74 bits per heavy atom. The molecule has 19 heavy (non-hydrogen) atoms. The number of halogens is 2. The fourth-order valence-corrected chi connectivity index (χ4v) is 2.09. The molecule has 1 N–H and O–H groups in total. The summed E-state index contributed by atoms with van der Waals surface area (Å²) in [6.07, 6.45) is 0.0412. The molecule has 0 spiro atoms. The van der Waals surface area contributed by atoms with Crippen LogP contribution in [0.4, 0.5) is 20.2 Å². The molecule has 0 atom stereocenters. The standard InChI is InChI=1S/C12H12F2N2O3/c1-15-9-5-7(13)4-8(14)12(9)16(6-11(18)19)3-2-10(15)17/h4-5H,2-3,6H2,1H3,(H,18,19). The molecule has 0 saturated heterocycles. The Hall–Kier alpha value is -2.18. The maximum absolute atomic E-state index is 13.9. The Morgan fingerprint density at radius 2 is 2.11 bits per heavy atom. The molecule has 5 nitrogen and oxygen atoms in total. The van der Waals surface area contributed by atoms with Gasteiger partial charge in [-0.2, -0.15) is 0 Å². The summed E-state index contributed by atoms with van der Waals surface area (Å²) >= 11 is 0. The van der Waals surface area contributed by atoms with Crippen LogP contribution >= 0.6 is 0 Å². The first-order valence-electron chi connectivity index (χ1n) is 5.62. The van der Waals surface area contributed by atoms with Crippen LogP contribution in [0.5, 0.6) is 0 Å². The van der Waals surface area contributed by atoms with E-state index in [4.69, 9.17) is 5.11 Å². The minimum atomic E-state index is -1.15. The number of carboxylic acid groups (broad SMARTS) is 1. The van der Waals surface area contributed by atoms with Crippen molar-refractivity contribution in [2.75, 3.05) is 29.9 Å². The van der Waals surface area contributed by atoms with Crippen molar-refractivity contribution >= 4 is 23.3 Å². The van der Waals surface area contributed by atoms with Gasteiger partial charge in [-0.05, 0) is 6.07 Å². The summed E-state index contributed by atoms with van der Waals surface area (Å²) in [5.41, 5.74) is -0.0154. The van der Waals surface area contributed by atoms with Gasteiger partial charge in [-0.1, -0.05) is 0 Å². The van der Waals surface area contributed by atoms with Crippen LogP contribution in [-0.2, 0) is 9.59 Å². The van der Waals surface area contributed by atoms with E-state index >= 15 is 0 Å². The van der Waals surface area contributed by atoms with Crippen molar-refractivity contribution in [1.82, 2.24) is 0 Å². The van der Waals surface area contributed by atoms with E-state index in [1.165, 1.54) is 11.9 Å². The summed E-state index contributed by atoms with van der Waals surface area (Å²) in [7, 11) is 1.41. The zero-order valence-electron chi connectivity index (χ0n) is 10.2. The molecule has 0 radical (unpaired) electrons. The molecule has 0 aliphatic carbocycles. The van der Waals surface area contributed by atoms with Gasteiger partial charge < -0.3 is 14.9 Å². The molecule has 0 aromatic heterocycles. The first-order chi connectivity index (χ1) is 8.90. The zero-order chi connectivity index (χ0) is 14.2. The molecule has 1 aromatic carbocycles. The van der Waals surface area contributed by atoms with Crippen molar-refractivity contribution in [3.63, 3.8) is 0 Å². The normalized spacial score (nSPS) is 15.2. The van der Waals surface area contributed by atoms with E-state index in [2.05, 4.69) is 0 Å². The highest BCUT2D eigenvalue weighted by atomic mass is 19.1. The van der Waals surface area contributed by atoms with Crippen LogP contribution in [0.15, 0.2) is 12.1 Å². The number of carbonyl (C=O) groups is 2. The number of carboxylic acids is 1. The monoisotopic (exact) mass is 270 g/mol. The van der Waals surface area contributed by atoms with Crippen LogP contribution in [0.25, 0.3) is 0 Å². The third kappa shape index (κ3) is 2.49. The molecular formula is C12H12F2N2O3. The molecule has 0 saturated carbocycles. The summed E-state index contributed by atoms with van der Waals surface area (Å²) in [5, 5.41) is 8.82. The van der Waals surface area contributed by atoms with Gasteiger partial charge in [0, 0.05) is 26.1 Å². The van der Waals surface area contributed by atoms with E-state index in [1.54, 1.807) is 0 Å². The van der Waals surface area contributed by atoms with E-state index in [-0.39, 0.29) is 30.2 Å². The lowest BCUT2D eigenvalue weighted by atomic mass is 10.2. The number of rotatable bonds is 2. The number of aliphatic carboxylic acids is 1. The van der Waals surface area contributed by atoms with Crippen LogP contribution in [0, 0.1) is 11.6 Å². The van der Waals surface area contributed by atoms with Crippen LogP contribution in [0.3, 0.4) is 0 Å². The Labute approximate surface area is 108 Å². The number of nitrogens with zero attached hydrogens (tertiary/aromatic N) is 2. The van der Waals surface area contributed by atoms with Crippen molar-refractivity contribution in [2.24, 2.45) is 0 Å². The summed E-state index contributed by atoms with van der Waals surface area (Å²) in [5.74, 6) is -3.16. The Balaban J connectivity index is 2.57. The summed E-state index contributed by atoms with van der Waals surface area (Å²) in [6, 6.07) is 1.70. The predicted molar refractivity (Wildman–Crippen MR) is 64.2 cm³/mol. The van der Waals surface area contributed by atoms with Crippen molar-refractivity contribution in [3.05, 3.63) is 23.8 Å². The Kier molecular flexibility index (Phi) is 3.37. The van der Waals surface area contributed by atoms with E-state index in [9.17, 15) is 18.4 Å². The molecule has 1 aliphatic heterocycles. The SMILES string of the molecule is CN1C(=O)CCN(CC(=O)O)c2c(F)cc(F)cc21. The molecule has 102 valence electrons. The van der Waals surface area contributed by atoms with Gasteiger partial charge in [-0.25, -0.2) is 8.78 Å². The maximum Gasteiger partial charge on any atom is 0.323 e. The van der Waals surface area contributed by atoms with Gasteiger partial charge in [0.25, 0.3) is 0 Å². The van der Waals surface area contributed by atoms with Crippen molar-refractivity contribution in [1.29, 1.82) is 0 Å². The number of amides is 1. The lowest BCUT2D eigenvalue weighted by Gasteiger charge is -2.24. The van der Waals surface area contributed by atoms with Crippen LogP contribution in [0.2, 0.25) is 0 Å². The Bertz CT molecular complexity index is 548. The van der Waals surface area contributed by atoms with Crippen molar-refractivity contribution in [3.8, 4) is 0 Å². The van der Waals surface area contributed by atoms with E-state index < -0.39 is 24.1 Å². The van der Waals surface area contributed by atoms with Crippen LogP contribution < -0.4 is 9.80 Å². The summed E-state index contributed by atoms with van der Waals surface area (Å²) < 4.78 is 27.2. The molecule has 1 aliphatic rings. The average molecular weight is 270 g/mol. The van der Waals surface area contributed by atoms with Crippen LogP contribution in [-0.4, -0.2) is 37.1 Å². The molecule has 0 bridgehead atoms. The topological polar surface area (TPSA) is 60.9 Å². The smallest absolute Gasteiger partial charge is 0.323 e. The van der Waals surface area contributed by atoms with E-state index in [0.29, 0.717) is 6.07 Å². The van der Waals surface area contributed by atoms with Gasteiger partial charge in [0.2, 0.25) is 5.91 Å². The summed E-state index contributed by atoms with van der Waals surface area (Å²) in [4.78, 5) is 24.9. The molecule has 1 aromatic rings. The second-order valence-electron chi connectivity index (χ2n) is 4.27. The van der Waals surface area contributed by atoms with E-state index in [0.717, 1.165) is 11.0 Å². The first kappa shape index (κ1) is 13.3. The van der Waals surface area contributed by atoms with Gasteiger partial charge in [0.15, 0.2) is 5.82 Å². The number of carbonyl (C=O) groups excluding carboxylic acids is 1. The fraction of sp³-hybridized carbons (Fsp3) is 0.333. The number of benzene rings is 1. The number of fused-ring (bicyclic) bond motifs is 1. The molecule has 1 amide bonds. The molecule has 0 unspecified atom stereocenters. The second kappa shape index (κ2) is 4.83. The molecule has 7 heteroatoms. The zero-order valence-corrected chi connectivity index (χ0v) is 10.2. The molecule has 0 fully saturated rings. The van der Waals surface area contributed by atoms with Gasteiger partial charge in [0.1, 0.15) is 12.4 Å². The van der Waals surface area contributed by atoms with Gasteiger partial charge >= 0.3 is 5.97 Å². The van der Waals surface area contributed by atoms with E-state index in [1.807, 2.05) is 0 Å². The average Bonchev–Trinajstić information content (AvgIpc) is 2.41. The lowest BCUT2D eigenvalue weighted by Crippen LogP contribution is -2.31. The third-order valence-electron chi connectivity index (χ3n) is 2.98. The number of hydrogen-bond donors (Lipinski definition) is 1. The highest BCUT2D eigenvalue weighted by molar-refractivity contribution is 5.98. The highest BCUT2D eigenvalue weighted by Gasteiger charge is 2.28. The van der Waals surface area contributed by atoms with Crippen LogP contribution in [0.1, 0.15) is 6.42 Å². The minimum absolute atomic E-state index is 0.0412. The molecule has 1 heterocycles. The lowest BCUT2D eigenvalue weighted by molar-refractivity contribution is -0.135. The van der Waals surface area contributed by atoms with Crippen molar-refractivity contribution in [2.45, 2.75) is 6.42 Å². The summed E-state index contributed by atoms with van der Waals surface area (Å²) in [6.45, 7) is -0.373. The van der Waals surface area contributed by atoms with Crippen molar-refractivity contribution < 1.29 is 23.5 Å². The molecular weight excluding hydrogens is 258 g/mol. The van der Waals surface area contributed by atoms with Gasteiger partial charge in [-0.15, -0.1) is 0 Å². The predicted octanol–water partition coefficient (Wildman–Crippen LogP) is 1.22. The molecule has 2 rings (SSSR count). The number of hydrogen-bond acceptors (Lipinski definition) is 3. The third-order valence-corrected chi connectivity index (χ3v) is 2.98. The minimum Gasteiger partial charge on any atom is -0.480 e. The first-order valence-corrected chi connectivity index (χ1v) is 5.62. The maximum atomic E-state index is 13.9. The fourth-order valence-electron chi connectivity index (χ4n) is 2.09. The largest absolute Gasteiger partial charge is 0.480 e.